The van der Waals surface area contributed by atoms with Crippen molar-refractivity contribution in [2.75, 3.05) is 26.7 Å². The minimum Gasteiger partial charge on any atom is -0.481 e. The molecule has 1 fully saturated rings. The summed E-state index contributed by atoms with van der Waals surface area (Å²) in [5, 5.41) is 8.89. The summed E-state index contributed by atoms with van der Waals surface area (Å²) in [6.07, 6.45) is -4.33. The van der Waals surface area contributed by atoms with Crippen molar-refractivity contribution in [3.05, 3.63) is 0 Å². The zero-order chi connectivity index (χ0) is 14.6. The van der Waals surface area contributed by atoms with Crippen molar-refractivity contribution < 1.29 is 27.9 Å². The Morgan fingerprint density at radius 1 is 1.42 bits per heavy atom. The molecule has 0 radical (unpaired) electrons. The van der Waals surface area contributed by atoms with Crippen LogP contribution >= 0.6 is 0 Å². The molecule has 1 aliphatic heterocycles. The maximum absolute atomic E-state index is 12.1. The van der Waals surface area contributed by atoms with E-state index >= 15 is 0 Å². The third-order valence-corrected chi connectivity index (χ3v) is 3.10. The first-order valence-corrected chi connectivity index (χ1v) is 6.00. The van der Waals surface area contributed by atoms with Crippen LogP contribution in [0, 0.1) is 5.92 Å². The molecule has 1 N–H and O–H groups in total. The second-order valence-corrected chi connectivity index (χ2v) is 4.69. The van der Waals surface area contributed by atoms with Gasteiger partial charge in [-0.1, -0.05) is 0 Å². The van der Waals surface area contributed by atoms with E-state index < -0.39 is 37.1 Å². The minimum atomic E-state index is -4.31. The van der Waals surface area contributed by atoms with Gasteiger partial charge in [-0.05, 0) is 12.8 Å². The molecule has 0 spiro atoms. The average Bonchev–Trinajstić information content (AvgIpc) is 2.34. The van der Waals surface area contributed by atoms with Crippen LogP contribution in [-0.4, -0.2) is 59.8 Å². The molecular weight excluding hydrogens is 265 g/mol. The first-order valence-electron chi connectivity index (χ1n) is 6.00. The van der Waals surface area contributed by atoms with Crippen LogP contribution in [0.5, 0.6) is 0 Å². The quantitative estimate of drug-likeness (QED) is 0.858. The van der Waals surface area contributed by atoms with Crippen molar-refractivity contribution in [3.63, 3.8) is 0 Å². The second kappa shape index (κ2) is 6.12. The van der Waals surface area contributed by atoms with Crippen LogP contribution < -0.4 is 0 Å². The summed E-state index contributed by atoms with van der Waals surface area (Å²) in [5.41, 5.74) is 0. The van der Waals surface area contributed by atoms with Gasteiger partial charge in [-0.15, -0.1) is 0 Å². The SMILES string of the molecule is CN(CCC(F)(F)F)C(=O)N1CCC[C@H](C(=O)O)C1. The van der Waals surface area contributed by atoms with E-state index in [2.05, 4.69) is 0 Å². The summed E-state index contributed by atoms with van der Waals surface area (Å²) in [6, 6.07) is -0.546. The Balaban J connectivity index is 2.49. The highest BCUT2D eigenvalue weighted by Gasteiger charge is 2.32. The Morgan fingerprint density at radius 2 is 2.05 bits per heavy atom. The van der Waals surface area contributed by atoms with Crippen LogP contribution in [0.15, 0.2) is 0 Å². The first kappa shape index (κ1) is 15.6. The Hall–Kier alpha value is -1.47. The first-order chi connectivity index (χ1) is 8.70. The lowest BCUT2D eigenvalue weighted by Crippen LogP contribution is -2.48. The van der Waals surface area contributed by atoms with Crippen LogP contribution in [0.2, 0.25) is 0 Å². The number of carboxylic acids is 1. The highest BCUT2D eigenvalue weighted by molar-refractivity contribution is 5.76. The number of nitrogens with zero attached hydrogens (tertiary/aromatic N) is 2. The van der Waals surface area contributed by atoms with E-state index in [9.17, 15) is 22.8 Å². The average molecular weight is 282 g/mol. The van der Waals surface area contributed by atoms with Crippen molar-refractivity contribution in [2.24, 2.45) is 5.92 Å². The third kappa shape index (κ3) is 4.96. The molecule has 0 aliphatic carbocycles. The van der Waals surface area contributed by atoms with Crippen LogP contribution in [0.1, 0.15) is 19.3 Å². The normalized spacial score (nSPS) is 20.2. The molecule has 0 unspecified atom stereocenters. The molecule has 0 bridgehead atoms. The fourth-order valence-corrected chi connectivity index (χ4v) is 1.98. The summed E-state index contributed by atoms with van der Waals surface area (Å²) in [7, 11) is 1.29. The van der Waals surface area contributed by atoms with E-state index in [1.54, 1.807) is 0 Å². The molecule has 0 saturated carbocycles. The summed E-state index contributed by atoms with van der Waals surface area (Å²) < 4.78 is 36.2. The topological polar surface area (TPSA) is 60.9 Å². The summed E-state index contributed by atoms with van der Waals surface area (Å²) >= 11 is 0. The van der Waals surface area contributed by atoms with Crippen molar-refractivity contribution in [1.82, 2.24) is 9.80 Å². The zero-order valence-electron chi connectivity index (χ0n) is 10.6. The van der Waals surface area contributed by atoms with E-state index in [1.807, 2.05) is 0 Å². The number of urea groups is 1. The van der Waals surface area contributed by atoms with E-state index in [4.69, 9.17) is 5.11 Å². The molecule has 0 aromatic heterocycles. The predicted octanol–water partition coefficient (Wildman–Crippen LogP) is 1.79. The van der Waals surface area contributed by atoms with Gasteiger partial charge in [0, 0.05) is 26.7 Å². The number of aliphatic carboxylic acids is 1. The van der Waals surface area contributed by atoms with Crippen molar-refractivity contribution >= 4 is 12.0 Å². The lowest BCUT2D eigenvalue weighted by molar-refractivity contribution is -0.143. The number of piperidine rings is 1. The second-order valence-electron chi connectivity index (χ2n) is 4.69. The van der Waals surface area contributed by atoms with Gasteiger partial charge in [-0.2, -0.15) is 13.2 Å². The number of likely N-dealkylation sites (tertiary alicyclic amines) is 1. The lowest BCUT2D eigenvalue weighted by Gasteiger charge is -2.33. The smallest absolute Gasteiger partial charge is 0.390 e. The summed E-state index contributed by atoms with van der Waals surface area (Å²) in [6.45, 7) is 0.0278. The van der Waals surface area contributed by atoms with Crippen LogP contribution in [-0.2, 0) is 4.79 Å². The largest absolute Gasteiger partial charge is 0.481 e. The lowest BCUT2D eigenvalue weighted by atomic mass is 9.99. The molecule has 1 saturated heterocycles. The van der Waals surface area contributed by atoms with Gasteiger partial charge in [0.1, 0.15) is 0 Å². The number of amides is 2. The van der Waals surface area contributed by atoms with E-state index in [0.29, 0.717) is 19.4 Å². The Bertz CT molecular complexity index is 347. The molecule has 1 rings (SSSR count). The molecule has 110 valence electrons. The van der Waals surface area contributed by atoms with Crippen LogP contribution in [0.3, 0.4) is 0 Å². The van der Waals surface area contributed by atoms with Crippen molar-refractivity contribution in [3.8, 4) is 0 Å². The highest BCUT2D eigenvalue weighted by Crippen LogP contribution is 2.21. The molecule has 5 nitrogen and oxygen atoms in total. The molecule has 0 aromatic rings. The molecule has 8 heteroatoms. The molecular formula is C11H17F3N2O3. The minimum absolute atomic E-state index is 0.0600. The molecule has 0 aromatic carbocycles. The van der Waals surface area contributed by atoms with Gasteiger partial charge in [0.2, 0.25) is 0 Å². The van der Waals surface area contributed by atoms with Crippen molar-refractivity contribution in [2.45, 2.75) is 25.4 Å². The van der Waals surface area contributed by atoms with Gasteiger partial charge in [0.15, 0.2) is 0 Å². The maximum Gasteiger partial charge on any atom is 0.390 e. The van der Waals surface area contributed by atoms with E-state index in [0.717, 1.165) is 4.90 Å². The van der Waals surface area contributed by atoms with Gasteiger partial charge < -0.3 is 14.9 Å². The number of rotatable bonds is 3. The van der Waals surface area contributed by atoms with E-state index in [1.165, 1.54) is 11.9 Å². The monoisotopic (exact) mass is 282 g/mol. The summed E-state index contributed by atoms with van der Waals surface area (Å²) in [4.78, 5) is 25.0. The van der Waals surface area contributed by atoms with Gasteiger partial charge in [-0.3, -0.25) is 4.79 Å². The number of hydrogen-bond donors (Lipinski definition) is 1. The number of carbonyl (C=O) groups excluding carboxylic acids is 1. The molecule has 1 heterocycles. The summed E-state index contributed by atoms with van der Waals surface area (Å²) in [5.74, 6) is -1.61. The Kier molecular flexibility index (Phi) is 5.02. The van der Waals surface area contributed by atoms with Crippen LogP contribution in [0.4, 0.5) is 18.0 Å². The number of halogens is 3. The van der Waals surface area contributed by atoms with Gasteiger partial charge in [-0.25, -0.2) is 4.79 Å². The number of alkyl halides is 3. The molecule has 1 aliphatic rings. The van der Waals surface area contributed by atoms with Crippen molar-refractivity contribution in [1.29, 1.82) is 0 Å². The van der Waals surface area contributed by atoms with Crippen LogP contribution in [0.25, 0.3) is 0 Å². The molecule has 19 heavy (non-hydrogen) atoms. The Morgan fingerprint density at radius 3 is 2.58 bits per heavy atom. The number of hydrogen-bond acceptors (Lipinski definition) is 2. The Labute approximate surface area is 109 Å². The predicted molar refractivity (Wildman–Crippen MR) is 60.6 cm³/mol. The molecule has 2 amide bonds. The maximum atomic E-state index is 12.1. The number of carboxylic acid groups (broad SMARTS) is 1. The zero-order valence-corrected chi connectivity index (χ0v) is 10.6. The fraction of sp³-hybridized carbons (Fsp3) is 0.818. The van der Waals surface area contributed by atoms with Gasteiger partial charge in [0.25, 0.3) is 0 Å². The fourth-order valence-electron chi connectivity index (χ4n) is 1.98. The molecule has 1 atom stereocenters. The highest BCUT2D eigenvalue weighted by atomic mass is 19.4. The standard InChI is InChI=1S/C11H17F3N2O3/c1-15(6-4-11(12,13)14)10(19)16-5-2-3-8(7-16)9(17)18/h8H,2-7H2,1H3,(H,17,18)/t8-/m0/s1. The van der Waals surface area contributed by atoms with E-state index in [-0.39, 0.29) is 6.54 Å². The third-order valence-electron chi connectivity index (χ3n) is 3.10. The van der Waals surface area contributed by atoms with Gasteiger partial charge in [0.05, 0.1) is 12.3 Å². The van der Waals surface area contributed by atoms with Gasteiger partial charge >= 0.3 is 18.2 Å². The number of carbonyl (C=O) groups is 2.